The second-order valence-electron chi connectivity index (χ2n) is 7.29. The molecule has 0 amide bonds. The number of nitrogens with zero attached hydrogens (tertiary/aromatic N) is 1. The van der Waals surface area contributed by atoms with E-state index in [9.17, 15) is 14.7 Å². The first-order valence-electron chi connectivity index (χ1n) is 9.72. The molecule has 1 saturated heterocycles. The van der Waals surface area contributed by atoms with Crippen LogP contribution in [0.15, 0.2) is 67.0 Å². The molecule has 152 valence electrons. The average molecular weight is 405 g/mol. The van der Waals surface area contributed by atoms with E-state index in [4.69, 9.17) is 13.6 Å². The molecule has 5 rings (SSSR count). The summed E-state index contributed by atoms with van der Waals surface area (Å²) in [6.07, 6.45) is 0. The first-order chi connectivity index (χ1) is 14.6. The summed E-state index contributed by atoms with van der Waals surface area (Å²) in [5, 5.41) is 11.8. The Morgan fingerprint density at radius 2 is 1.73 bits per heavy atom. The molecule has 2 aromatic carbocycles. The average Bonchev–Trinajstić information content (AvgIpc) is 2.75. The molecule has 1 N–H and O–H groups in total. The van der Waals surface area contributed by atoms with Crippen LogP contribution < -0.4 is 11.3 Å². The lowest BCUT2D eigenvalue weighted by atomic mass is 9.99. The van der Waals surface area contributed by atoms with Gasteiger partial charge in [-0.1, -0.05) is 18.2 Å². The summed E-state index contributed by atoms with van der Waals surface area (Å²) in [4.78, 5) is 27.2. The van der Waals surface area contributed by atoms with E-state index in [2.05, 4.69) is 4.90 Å². The molecule has 3 heterocycles. The molecule has 30 heavy (non-hydrogen) atoms. The third kappa shape index (κ3) is 3.28. The van der Waals surface area contributed by atoms with E-state index in [1.165, 1.54) is 6.07 Å². The molecule has 2 aromatic heterocycles. The molecule has 0 aliphatic carbocycles. The molecular weight excluding hydrogens is 386 g/mol. The molecule has 7 nitrogen and oxygen atoms in total. The van der Waals surface area contributed by atoms with E-state index >= 15 is 0 Å². The van der Waals surface area contributed by atoms with Crippen molar-refractivity contribution >= 4 is 21.9 Å². The molecule has 1 aliphatic rings. The molecule has 4 aromatic rings. The lowest BCUT2D eigenvalue weighted by Crippen LogP contribution is -2.35. The number of benzene rings is 2. The van der Waals surface area contributed by atoms with Crippen molar-refractivity contribution in [1.82, 2.24) is 4.90 Å². The quantitative estimate of drug-likeness (QED) is 0.524. The standard InChI is InChI=1S/C23H19NO6/c25-19-6-5-15-16(17-11-14-3-1-2-4-20(14)29-23(17)27)12-21(26)30-22(15)18(19)13-24-7-9-28-10-8-24/h1-6,11-12,25H,7-10,13H2. The highest BCUT2D eigenvalue weighted by Crippen LogP contribution is 2.33. The Labute approximate surface area is 170 Å². The second-order valence-corrected chi connectivity index (χ2v) is 7.29. The van der Waals surface area contributed by atoms with Crippen LogP contribution in [0.3, 0.4) is 0 Å². The zero-order valence-electron chi connectivity index (χ0n) is 16.1. The fourth-order valence-corrected chi connectivity index (χ4v) is 3.88. The van der Waals surface area contributed by atoms with Crippen LogP contribution in [0.2, 0.25) is 0 Å². The number of phenols is 1. The highest BCUT2D eigenvalue weighted by molar-refractivity contribution is 5.97. The van der Waals surface area contributed by atoms with Gasteiger partial charge in [0, 0.05) is 42.0 Å². The second kappa shape index (κ2) is 7.44. The van der Waals surface area contributed by atoms with E-state index in [1.807, 2.05) is 12.1 Å². The predicted octanol–water partition coefficient (Wildman–Crippen LogP) is 3.10. The number of aromatic hydroxyl groups is 1. The maximum absolute atomic E-state index is 12.7. The first-order valence-corrected chi connectivity index (χ1v) is 9.72. The molecule has 0 unspecified atom stereocenters. The number of phenolic OH excluding ortho intramolecular Hbond substituents is 1. The lowest BCUT2D eigenvalue weighted by Gasteiger charge is -2.27. The van der Waals surface area contributed by atoms with Gasteiger partial charge >= 0.3 is 11.3 Å². The molecule has 0 spiro atoms. The summed E-state index contributed by atoms with van der Waals surface area (Å²) in [5.74, 6) is 0.0415. The van der Waals surface area contributed by atoms with Crippen molar-refractivity contribution in [3.63, 3.8) is 0 Å². The number of para-hydroxylation sites is 1. The summed E-state index contributed by atoms with van der Waals surface area (Å²) in [6, 6.07) is 13.4. The number of morpholine rings is 1. The third-order valence-electron chi connectivity index (χ3n) is 5.41. The van der Waals surface area contributed by atoms with Crippen LogP contribution in [0.25, 0.3) is 33.1 Å². The Kier molecular flexibility index (Phi) is 4.61. The minimum Gasteiger partial charge on any atom is -0.507 e. The topological polar surface area (TPSA) is 93.1 Å². The number of fused-ring (bicyclic) bond motifs is 2. The van der Waals surface area contributed by atoms with Crippen LogP contribution in [0, 0.1) is 0 Å². The first kappa shape index (κ1) is 18.6. The highest BCUT2D eigenvalue weighted by Gasteiger charge is 2.20. The third-order valence-corrected chi connectivity index (χ3v) is 5.41. The smallest absolute Gasteiger partial charge is 0.344 e. The predicted molar refractivity (Wildman–Crippen MR) is 112 cm³/mol. The van der Waals surface area contributed by atoms with E-state index in [0.29, 0.717) is 54.9 Å². The number of hydrogen-bond acceptors (Lipinski definition) is 7. The van der Waals surface area contributed by atoms with Gasteiger partial charge in [0.2, 0.25) is 0 Å². The van der Waals surface area contributed by atoms with Gasteiger partial charge in [0.1, 0.15) is 16.9 Å². The molecule has 1 aliphatic heterocycles. The largest absolute Gasteiger partial charge is 0.507 e. The van der Waals surface area contributed by atoms with Crippen molar-refractivity contribution in [3.05, 3.63) is 74.9 Å². The number of rotatable bonds is 3. The molecule has 7 heteroatoms. The molecule has 1 fully saturated rings. The minimum atomic E-state index is -0.598. The van der Waals surface area contributed by atoms with Crippen LogP contribution in [-0.4, -0.2) is 36.3 Å². The molecule has 0 bridgehead atoms. The van der Waals surface area contributed by atoms with Gasteiger partial charge in [0.15, 0.2) is 0 Å². The van der Waals surface area contributed by atoms with Crippen LogP contribution >= 0.6 is 0 Å². The summed E-state index contributed by atoms with van der Waals surface area (Å²) in [6.45, 7) is 3.06. The van der Waals surface area contributed by atoms with Crippen molar-refractivity contribution in [3.8, 4) is 16.9 Å². The minimum absolute atomic E-state index is 0.0415. The molecule has 0 saturated carbocycles. The Morgan fingerprint density at radius 3 is 2.57 bits per heavy atom. The maximum atomic E-state index is 12.7. The SMILES string of the molecule is O=c1cc(-c2cc3ccccc3oc2=O)c2ccc(O)c(CN3CCOCC3)c2o1. The van der Waals surface area contributed by atoms with Crippen LogP contribution in [0.5, 0.6) is 5.75 Å². The van der Waals surface area contributed by atoms with E-state index < -0.39 is 11.3 Å². The monoisotopic (exact) mass is 405 g/mol. The van der Waals surface area contributed by atoms with Gasteiger partial charge in [-0.3, -0.25) is 4.90 Å². The Morgan fingerprint density at radius 1 is 0.933 bits per heavy atom. The van der Waals surface area contributed by atoms with Gasteiger partial charge in [-0.15, -0.1) is 0 Å². The van der Waals surface area contributed by atoms with Crippen molar-refractivity contribution in [1.29, 1.82) is 0 Å². The van der Waals surface area contributed by atoms with E-state index in [0.717, 1.165) is 5.39 Å². The van der Waals surface area contributed by atoms with Crippen molar-refractivity contribution < 1.29 is 18.7 Å². The van der Waals surface area contributed by atoms with Crippen LogP contribution in [0.1, 0.15) is 5.56 Å². The summed E-state index contributed by atoms with van der Waals surface area (Å²) < 4.78 is 16.3. The Balaban J connectivity index is 1.72. The van der Waals surface area contributed by atoms with E-state index in [1.54, 1.807) is 30.3 Å². The molecular formula is C23H19NO6. The van der Waals surface area contributed by atoms with Gasteiger partial charge in [0.05, 0.1) is 24.3 Å². The van der Waals surface area contributed by atoms with Gasteiger partial charge in [-0.25, -0.2) is 9.59 Å². The zero-order valence-corrected chi connectivity index (χ0v) is 16.1. The van der Waals surface area contributed by atoms with E-state index in [-0.39, 0.29) is 16.9 Å². The van der Waals surface area contributed by atoms with Crippen LogP contribution in [0.4, 0.5) is 0 Å². The summed E-state index contributed by atoms with van der Waals surface area (Å²) >= 11 is 0. The van der Waals surface area contributed by atoms with Gasteiger partial charge in [-0.2, -0.15) is 0 Å². The van der Waals surface area contributed by atoms with Gasteiger partial charge in [-0.05, 0) is 24.3 Å². The normalized spacial score (nSPS) is 15.1. The van der Waals surface area contributed by atoms with Crippen molar-refractivity contribution in [2.45, 2.75) is 6.54 Å². The van der Waals surface area contributed by atoms with Gasteiger partial charge in [0.25, 0.3) is 0 Å². The number of ether oxygens (including phenoxy) is 1. The van der Waals surface area contributed by atoms with Crippen molar-refractivity contribution in [2.24, 2.45) is 0 Å². The Hall–Kier alpha value is -3.42. The van der Waals surface area contributed by atoms with Crippen molar-refractivity contribution in [2.75, 3.05) is 26.3 Å². The molecule has 0 atom stereocenters. The zero-order chi connectivity index (χ0) is 20.7. The van der Waals surface area contributed by atoms with Gasteiger partial charge < -0.3 is 18.7 Å². The van der Waals surface area contributed by atoms with Crippen LogP contribution in [-0.2, 0) is 11.3 Å². The highest BCUT2D eigenvalue weighted by atomic mass is 16.5. The Bertz CT molecular complexity index is 1360. The lowest BCUT2D eigenvalue weighted by molar-refractivity contribution is 0.0339. The molecule has 0 radical (unpaired) electrons. The summed E-state index contributed by atoms with van der Waals surface area (Å²) in [7, 11) is 0. The fourth-order valence-electron chi connectivity index (χ4n) is 3.88. The maximum Gasteiger partial charge on any atom is 0.344 e. The number of hydrogen-bond donors (Lipinski definition) is 1. The summed E-state index contributed by atoms with van der Waals surface area (Å²) in [5.41, 5.74) is 0.820. The fraction of sp³-hybridized carbons (Fsp3) is 0.217.